The molecule has 4 fully saturated rings. The van der Waals surface area contributed by atoms with Gasteiger partial charge in [0.1, 0.15) is 0 Å². The third-order valence-corrected chi connectivity index (χ3v) is 7.60. The molecule has 4 aliphatic rings. The number of carbonyl (C=O) groups is 2. The summed E-state index contributed by atoms with van der Waals surface area (Å²) >= 11 is 1.89. The topological polar surface area (TPSA) is 55.4 Å². The largest absolute Gasteiger partial charge is 0.465 e. The van der Waals surface area contributed by atoms with Gasteiger partial charge in [0.15, 0.2) is 0 Å². The quantitative estimate of drug-likeness (QED) is 0.804. The van der Waals surface area contributed by atoms with Gasteiger partial charge in [0.2, 0.25) is 5.91 Å². The lowest BCUT2D eigenvalue weighted by atomic mass is 9.56. The zero-order valence-corrected chi connectivity index (χ0v) is 15.4. The molecule has 0 spiro atoms. The van der Waals surface area contributed by atoms with Crippen LogP contribution in [0.25, 0.3) is 0 Å². The van der Waals surface area contributed by atoms with Gasteiger partial charge in [-0.05, 0) is 80.5 Å². The second-order valence-corrected chi connectivity index (χ2v) is 9.45. The zero-order chi connectivity index (χ0) is 17.4. The van der Waals surface area contributed by atoms with Crippen molar-refractivity contribution in [3.8, 4) is 0 Å². The average molecular weight is 359 g/mol. The van der Waals surface area contributed by atoms with Crippen molar-refractivity contribution in [1.29, 1.82) is 0 Å². The number of methoxy groups -OCH3 is 1. The Kier molecular flexibility index (Phi) is 4.52. The summed E-state index contributed by atoms with van der Waals surface area (Å²) in [4.78, 5) is 23.8. The maximum Gasteiger partial charge on any atom is 0.337 e. The number of rotatable bonds is 5. The number of nitrogens with one attached hydrogen (secondary N) is 1. The second kappa shape index (κ2) is 6.67. The van der Waals surface area contributed by atoms with Crippen LogP contribution in [0, 0.1) is 17.8 Å². The first kappa shape index (κ1) is 17.0. The van der Waals surface area contributed by atoms with Crippen molar-refractivity contribution < 1.29 is 14.3 Å². The predicted molar refractivity (Wildman–Crippen MR) is 99.8 cm³/mol. The third-order valence-electron chi connectivity index (χ3n) is 6.08. The van der Waals surface area contributed by atoms with Gasteiger partial charge in [-0.2, -0.15) is 0 Å². The average Bonchev–Trinajstić information content (AvgIpc) is 2.59. The van der Waals surface area contributed by atoms with Crippen molar-refractivity contribution >= 4 is 29.3 Å². The number of ether oxygens (including phenoxy) is 1. The number of hydrogen-bond acceptors (Lipinski definition) is 4. The van der Waals surface area contributed by atoms with E-state index in [0.717, 1.165) is 23.4 Å². The minimum atomic E-state index is -0.366. The van der Waals surface area contributed by atoms with E-state index < -0.39 is 0 Å². The van der Waals surface area contributed by atoms with E-state index in [9.17, 15) is 9.59 Å². The van der Waals surface area contributed by atoms with Crippen molar-refractivity contribution in [3.05, 3.63) is 29.8 Å². The number of carbonyl (C=O) groups excluding carboxylic acids is 2. The summed E-state index contributed by atoms with van der Waals surface area (Å²) < 4.78 is 5.05. The van der Waals surface area contributed by atoms with Crippen LogP contribution in [0.4, 0.5) is 5.69 Å². The molecular formula is C20H25NO3S. The number of amides is 1. The summed E-state index contributed by atoms with van der Waals surface area (Å²) in [6, 6.07) is 6.85. The molecule has 1 aromatic rings. The summed E-state index contributed by atoms with van der Waals surface area (Å²) in [5.41, 5.74) is 1.22. The van der Waals surface area contributed by atoms with Crippen LogP contribution in [-0.2, 0) is 9.53 Å². The highest BCUT2D eigenvalue weighted by Crippen LogP contribution is 2.60. The van der Waals surface area contributed by atoms with E-state index >= 15 is 0 Å². The first-order valence-corrected chi connectivity index (χ1v) is 10.2. The fraction of sp³-hybridized carbons (Fsp3) is 0.600. The summed E-state index contributed by atoms with van der Waals surface area (Å²) in [6.45, 7) is 0. The van der Waals surface area contributed by atoms with E-state index in [4.69, 9.17) is 0 Å². The van der Waals surface area contributed by atoms with Crippen molar-refractivity contribution in [2.45, 2.75) is 43.3 Å². The molecule has 4 bridgehead atoms. The first-order chi connectivity index (χ1) is 12.0. The van der Waals surface area contributed by atoms with Gasteiger partial charge in [-0.3, -0.25) is 4.79 Å². The molecule has 4 saturated carbocycles. The molecule has 0 radical (unpaired) electrons. The highest BCUT2D eigenvalue weighted by atomic mass is 32.2. The fourth-order valence-corrected chi connectivity index (χ4v) is 7.00. The second-order valence-electron chi connectivity index (χ2n) is 8.01. The van der Waals surface area contributed by atoms with Crippen molar-refractivity contribution in [2.24, 2.45) is 17.8 Å². The van der Waals surface area contributed by atoms with Gasteiger partial charge in [-0.25, -0.2) is 4.79 Å². The molecular weight excluding hydrogens is 334 g/mol. The lowest BCUT2D eigenvalue weighted by Gasteiger charge is -2.56. The molecule has 25 heavy (non-hydrogen) atoms. The Morgan fingerprint density at radius 3 is 2.16 bits per heavy atom. The van der Waals surface area contributed by atoms with Crippen LogP contribution in [0.2, 0.25) is 0 Å². The smallest absolute Gasteiger partial charge is 0.337 e. The molecule has 4 aliphatic carbocycles. The molecule has 0 unspecified atom stereocenters. The van der Waals surface area contributed by atoms with Gasteiger partial charge in [0, 0.05) is 10.4 Å². The SMILES string of the molecule is COC(=O)c1ccc(NC(=O)CSC23CC4CC(CC(C4)C2)C3)cc1. The third kappa shape index (κ3) is 3.57. The van der Waals surface area contributed by atoms with Crippen LogP contribution in [0.15, 0.2) is 24.3 Å². The van der Waals surface area contributed by atoms with E-state index in [2.05, 4.69) is 10.1 Å². The summed E-state index contributed by atoms with van der Waals surface area (Å²) in [6.07, 6.45) is 8.22. The summed E-state index contributed by atoms with van der Waals surface area (Å²) in [5, 5.41) is 2.95. The van der Waals surface area contributed by atoms with Gasteiger partial charge in [-0.15, -0.1) is 11.8 Å². The molecule has 0 aliphatic heterocycles. The standard InChI is InChI=1S/C20H25NO3S/c1-24-19(23)16-2-4-17(5-3-16)21-18(22)12-25-20-9-13-6-14(10-20)8-15(7-13)11-20/h2-5,13-15H,6-12H2,1H3,(H,21,22). The maximum atomic E-state index is 12.4. The Bertz CT molecular complexity index is 635. The van der Waals surface area contributed by atoms with E-state index in [1.165, 1.54) is 45.6 Å². The highest BCUT2D eigenvalue weighted by Gasteiger charge is 2.51. The maximum absolute atomic E-state index is 12.4. The van der Waals surface area contributed by atoms with Gasteiger partial charge in [0.05, 0.1) is 18.4 Å². The molecule has 5 rings (SSSR count). The molecule has 0 heterocycles. The van der Waals surface area contributed by atoms with Crippen molar-refractivity contribution in [2.75, 3.05) is 18.2 Å². The number of benzene rings is 1. The minimum absolute atomic E-state index is 0.0477. The molecule has 0 aromatic heterocycles. The summed E-state index contributed by atoms with van der Waals surface area (Å²) in [7, 11) is 1.36. The normalized spacial score (nSPS) is 32.4. The molecule has 0 saturated heterocycles. The minimum Gasteiger partial charge on any atom is -0.465 e. The van der Waals surface area contributed by atoms with Crippen LogP contribution in [-0.4, -0.2) is 29.5 Å². The fourth-order valence-electron chi connectivity index (χ4n) is 5.43. The van der Waals surface area contributed by atoms with E-state index in [-0.39, 0.29) is 11.9 Å². The zero-order valence-electron chi connectivity index (χ0n) is 14.6. The van der Waals surface area contributed by atoms with Crippen molar-refractivity contribution in [3.63, 3.8) is 0 Å². The van der Waals surface area contributed by atoms with Crippen LogP contribution < -0.4 is 5.32 Å². The number of anilines is 1. The molecule has 1 N–H and O–H groups in total. The van der Waals surface area contributed by atoms with E-state index in [0.29, 0.717) is 16.1 Å². The van der Waals surface area contributed by atoms with Crippen LogP contribution >= 0.6 is 11.8 Å². The lowest BCUT2D eigenvalue weighted by Crippen LogP contribution is -2.49. The molecule has 1 aromatic carbocycles. The Labute approximate surface area is 153 Å². The van der Waals surface area contributed by atoms with Gasteiger partial charge >= 0.3 is 5.97 Å². The monoisotopic (exact) mass is 359 g/mol. The molecule has 1 amide bonds. The van der Waals surface area contributed by atoms with Crippen LogP contribution in [0.3, 0.4) is 0 Å². The number of thioether (sulfide) groups is 1. The summed E-state index contributed by atoms with van der Waals surface area (Å²) in [5.74, 6) is 2.93. The number of hydrogen-bond donors (Lipinski definition) is 1. The highest BCUT2D eigenvalue weighted by molar-refractivity contribution is 8.01. The molecule has 5 heteroatoms. The van der Waals surface area contributed by atoms with Crippen LogP contribution in [0.5, 0.6) is 0 Å². The Balaban J connectivity index is 1.31. The van der Waals surface area contributed by atoms with Gasteiger partial charge in [-0.1, -0.05) is 0 Å². The molecule has 0 atom stereocenters. The van der Waals surface area contributed by atoms with Gasteiger partial charge < -0.3 is 10.1 Å². The Morgan fingerprint density at radius 1 is 1.08 bits per heavy atom. The van der Waals surface area contributed by atoms with Crippen LogP contribution in [0.1, 0.15) is 48.9 Å². The lowest BCUT2D eigenvalue weighted by molar-refractivity contribution is -0.113. The van der Waals surface area contributed by atoms with Gasteiger partial charge in [0.25, 0.3) is 0 Å². The Morgan fingerprint density at radius 2 is 1.64 bits per heavy atom. The van der Waals surface area contributed by atoms with E-state index in [1.807, 2.05) is 11.8 Å². The first-order valence-electron chi connectivity index (χ1n) is 9.17. The number of esters is 1. The van der Waals surface area contributed by atoms with Crippen molar-refractivity contribution in [1.82, 2.24) is 0 Å². The molecule has 4 nitrogen and oxygen atoms in total. The predicted octanol–water partition coefficient (Wildman–Crippen LogP) is 4.11. The molecule has 134 valence electrons. The Hall–Kier alpha value is -1.49. The van der Waals surface area contributed by atoms with E-state index in [1.54, 1.807) is 24.3 Å².